The number of carbonyl (C=O) groups excluding carboxylic acids is 1. The summed E-state index contributed by atoms with van der Waals surface area (Å²) in [7, 11) is 0. The van der Waals surface area contributed by atoms with Crippen LogP contribution in [-0.4, -0.2) is 11.3 Å². The monoisotopic (exact) mass is 233 g/mol. The molecule has 1 heterocycles. The Morgan fingerprint density at radius 3 is 2.94 bits per heavy atom. The number of fused-ring (bicyclic) bond motifs is 1. The minimum absolute atomic E-state index is 0.469. The number of hydrogen-bond acceptors (Lipinski definition) is 3. The zero-order chi connectivity index (χ0) is 11.5. The van der Waals surface area contributed by atoms with Crippen LogP contribution in [0.5, 0.6) is 0 Å². The molecule has 0 spiro atoms. The molecule has 0 aliphatic rings. The van der Waals surface area contributed by atoms with Gasteiger partial charge in [0.1, 0.15) is 6.29 Å². The molecule has 1 aromatic carbocycles. The summed E-state index contributed by atoms with van der Waals surface area (Å²) in [6, 6.07) is 6.21. The summed E-state index contributed by atoms with van der Waals surface area (Å²) in [5.41, 5.74) is 2.27. The van der Waals surface area contributed by atoms with Gasteiger partial charge in [0.2, 0.25) is 0 Å². The maximum absolute atomic E-state index is 10.4. The van der Waals surface area contributed by atoms with Gasteiger partial charge in [0.05, 0.1) is 15.2 Å². The first-order valence-electron chi connectivity index (χ1n) is 5.54. The van der Waals surface area contributed by atoms with Gasteiger partial charge in [0.25, 0.3) is 0 Å². The summed E-state index contributed by atoms with van der Waals surface area (Å²) in [6.07, 6.45) is 2.34. The summed E-state index contributed by atoms with van der Waals surface area (Å²) >= 11 is 1.75. The van der Waals surface area contributed by atoms with Gasteiger partial charge in [0.15, 0.2) is 0 Å². The number of benzene rings is 1. The smallest absolute Gasteiger partial charge is 0.120 e. The molecule has 0 bridgehead atoms. The summed E-state index contributed by atoms with van der Waals surface area (Å²) in [5.74, 6) is 0.469. The van der Waals surface area contributed by atoms with E-state index in [1.165, 1.54) is 15.3 Å². The van der Waals surface area contributed by atoms with Crippen LogP contribution in [0, 0.1) is 0 Å². The van der Waals surface area contributed by atoms with Crippen LogP contribution >= 0.6 is 11.3 Å². The summed E-state index contributed by atoms with van der Waals surface area (Å²) in [5, 5.41) is 1.17. The van der Waals surface area contributed by atoms with E-state index in [2.05, 4.69) is 31.0 Å². The van der Waals surface area contributed by atoms with Crippen LogP contribution in [-0.2, 0) is 11.2 Å². The van der Waals surface area contributed by atoms with Crippen molar-refractivity contribution < 1.29 is 4.79 Å². The number of carbonyl (C=O) groups is 1. The van der Waals surface area contributed by atoms with Gasteiger partial charge in [-0.3, -0.25) is 0 Å². The third-order valence-electron chi connectivity index (χ3n) is 2.54. The van der Waals surface area contributed by atoms with E-state index in [0.717, 1.165) is 18.2 Å². The molecule has 3 heteroatoms. The lowest BCUT2D eigenvalue weighted by atomic mass is 10.1. The third kappa shape index (κ3) is 2.14. The van der Waals surface area contributed by atoms with E-state index < -0.39 is 0 Å². The molecule has 84 valence electrons. The van der Waals surface area contributed by atoms with Crippen LogP contribution < -0.4 is 0 Å². The predicted molar refractivity (Wildman–Crippen MR) is 68.1 cm³/mol. The van der Waals surface area contributed by atoms with Crippen molar-refractivity contribution in [3.05, 3.63) is 28.8 Å². The molecule has 0 radical (unpaired) electrons. The average molecular weight is 233 g/mol. The molecule has 2 aromatic rings. The summed E-state index contributed by atoms with van der Waals surface area (Å²) in [4.78, 5) is 15.1. The first-order valence-corrected chi connectivity index (χ1v) is 6.36. The second-order valence-corrected chi connectivity index (χ2v) is 5.24. The standard InChI is InChI=1S/C13H15NOS/c1-9(2)13-14-12-10(6-4-8-15)5-3-7-11(12)16-13/h3,5,7-9H,4,6H2,1-2H3. The van der Waals surface area contributed by atoms with E-state index in [4.69, 9.17) is 0 Å². The summed E-state index contributed by atoms with van der Waals surface area (Å²) in [6.45, 7) is 4.31. The van der Waals surface area contributed by atoms with Crippen LogP contribution in [0.4, 0.5) is 0 Å². The Morgan fingerprint density at radius 2 is 2.25 bits per heavy atom. The van der Waals surface area contributed by atoms with E-state index in [1.54, 1.807) is 11.3 Å². The number of nitrogens with zero attached hydrogens (tertiary/aromatic N) is 1. The number of aldehydes is 1. The number of aryl methyl sites for hydroxylation is 1. The number of hydrogen-bond donors (Lipinski definition) is 0. The summed E-state index contributed by atoms with van der Waals surface area (Å²) < 4.78 is 1.23. The molecule has 0 N–H and O–H groups in total. The molecule has 0 saturated carbocycles. The van der Waals surface area contributed by atoms with Gasteiger partial charge in [0, 0.05) is 12.3 Å². The van der Waals surface area contributed by atoms with Crippen molar-refractivity contribution in [2.24, 2.45) is 0 Å². The van der Waals surface area contributed by atoms with Crippen LogP contribution in [0.15, 0.2) is 18.2 Å². The van der Waals surface area contributed by atoms with Crippen LogP contribution in [0.3, 0.4) is 0 Å². The van der Waals surface area contributed by atoms with Crippen LogP contribution in [0.2, 0.25) is 0 Å². The number of aromatic nitrogens is 1. The van der Waals surface area contributed by atoms with Crippen LogP contribution in [0.1, 0.15) is 36.8 Å². The molecule has 0 aliphatic heterocycles. The van der Waals surface area contributed by atoms with Crippen molar-refractivity contribution in [1.82, 2.24) is 4.98 Å². The second kappa shape index (κ2) is 4.74. The molecular weight excluding hydrogens is 218 g/mol. The lowest BCUT2D eigenvalue weighted by Gasteiger charge is -1.98. The Kier molecular flexibility index (Phi) is 3.34. The zero-order valence-electron chi connectivity index (χ0n) is 9.56. The van der Waals surface area contributed by atoms with Crippen molar-refractivity contribution in [3.63, 3.8) is 0 Å². The normalized spacial score (nSPS) is 11.2. The number of thiazole rings is 1. The Bertz CT molecular complexity index is 502. The lowest BCUT2D eigenvalue weighted by Crippen LogP contribution is -1.89. The highest BCUT2D eigenvalue weighted by atomic mass is 32.1. The van der Waals surface area contributed by atoms with E-state index in [-0.39, 0.29) is 0 Å². The van der Waals surface area contributed by atoms with Gasteiger partial charge in [-0.25, -0.2) is 4.98 Å². The minimum atomic E-state index is 0.469. The topological polar surface area (TPSA) is 30.0 Å². The van der Waals surface area contributed by atoms with Crippen molar-refractivity contribution in [3.8, 4) is 0 Å². The molecular formula is C13H15NOS. The third-order valence-corrected chi connectivity index (χ3v) is 3.87. The fourth-order valence-corrected chi connectivity index (χ4v) is 2.70. The van der Waals surface area contributed by atoms with Crippen molar-refractivity contribution in [1.29, 1.82) is 0 Å². The van der Waals surface area contributed by atoms with Crippen molar-refractivity contribution >= 4 is 27.8 Å². The predicted octanol–water partition coefficient (Wildman–Crippen LogP) is 3.55. The maximum atomic E-state index is 10.4. The van der Waals surface area contributed by atoms with E-state index in [0.29, 0.717) is 12.3 Å². The number of para-hydroxylation sites is 1. The minimum Gasteiger partial charge on any atom is -0.303 e. The fourth-order valence-electron chi connectivity index (χ4n) is 1.69. The lowest BCUT2D eigenvalue weighted by molar-refractivity contribution is -0.107. The molecule has 0 fully saturated rings. The number of rotatable bonds is 4. The Hall–Kier alpha value is -1.22. The molecule has 16 heavy (non-hydrogen) atoms. The fraction of sp³-hybridized carbons (Fsp3) is 0.385. The SMILES string of the molecule is CC(C)c1nc2c(CCC=O)cccc2s1. The van der Waals surface area contributed by atoms with E-state index in [1.807, 2.05) is 6.07 Å². The Morgan fingerprint density at radius 1 is 1.44 bits per heavy atom. The Labute approximate surface area is 99.3 Å². The second-order valence-electron chi connectivity index (χ2n) is 4.18. The van der Waals surface area contributed by atoms with Gasteiger partial charge in [-0.1, -0.05) is 26.0 Å². The molecule has 0 unspecified atom stereocenters. The van der Waals surface area contributed by atoms with Gasteiger partial charge >= 0.3 is 0 Å². The zero-order valence-corrected chi connectivity index (χ0v) is 10.4. The van der Waals surface area contributed by atoms with Crippen molar-refractivity contribution in [2.75, 3.05) is 0 Å². The molecule has 0 saturated heterocycles. The molecule has 0 aliphatic carbocycles. The molecule has 0 amide bonds. The van der Waals surface area contributed by atoms with Gasteiger partial charge < -0.3 is 4.79 Å². The van der Waals surface area contributed by atoms with Crippen molar-refractivity contribution in [2.45, 2.75) is 32.6 Å². The average Bonchev–Trinajstić information content (AvgIpc) is 2.70. The van der Waals surface area contributed by atoms with Gasteiger partial charge in [-0.2, -0.15) is 0 Å². The van der Waals surface area contributed by atoms with E-state index >= 15 is 0 Å². The molecule has 2 nitrogen and oxygen atoms in total. The van der Waals surface area contributed by atoms with E-state index in [9.17, 15) is 4.79 Å². The highest BCUT2D eigenvalue weighted by molar-refractivity contribution is 7.18. The maximum Gasteiger partial charge on any atom is 0.120 e. The van der Waals surface area contributed by atoms with Crippen LogP contribution in [0.25, 0.3) is 10.2 Å². The van der Waals surface area contributed by atoms with Gasteiger partial charge in [-0.05, 0) is 18.1 Å². The first kappa shape index (κ1) is 11.3. The largest absolute Gasteiger partial charge is 0.303 e. The molecule has 2 rings (SSSR count). The Balaban J connectivity index is 2.45. The quantitative estimate of drug-likeness (QED) is 0.756. The van der Waals surface area contributed by atoms with Gasteiger partial charge in [-0.15, -0.1) is 11.3 Å². The highest BCUT2D eigenvalue weighted by Gasteiger charge is 2.09. The first-order chi connectivity index (χ1) is 7.72. The molecule has 0 atom stereocenters. The molecule has 1 aromatic heterocycles. The highest BCUT2D eigenvalue weighted by Crippen LogP contribution is 2.29.